The molecule has 1 heterocycles. The van der Waals surface area contributed by atoms with Crippen molar-refractivity contribution in [3.05, 3.63) is 30.1 Å². The first-order valence-corrected chi connectivity index (χ1v) is 6.48. The van der Waals surface area contributed by atoms with Crippen molar-refractivity contribution in [1.29, 1.82) is 0 Å². The number of aromatic nitrogens is 1. The number of aliphatic hydroxyl groups is 1. The van der Waals surface area contributed by atoms with Gasteiger partial charge in [0.05, 0.1) is 6.10 Å². The lowest BCUT2D eigenvalue weighted by atomic mass is 9.73. The number of carbonyl (C=O) groups excluding carboxylic acids is 1. The van der Waals surface area contributed by atoms with Gasteiger partial charge < -0.3 is 10.4 Å². The number of nitrogens with zero attached hydrogens (tertiary/aromatic N) is 1. The molecule has 1 aromatic rings. The Kier molecular flexibility index (Phi) is 3.97. The molecule has 0 radical (unpaired) electrons. The Morgan fingerprint density at radius 2 is 2.22 bits per heavy atom. The second-order valence-electron chi connectivity index (χ2n) is 5.33. The fraction of sp³-hybridized carbons (Fsp3) is 0.571. The van der Waals surface area contributed by atoms with Crippen LogP contribution in [0.2, 0.25) is 0 Å². The molecular weight excluding hydrogens is 228 g/mol. The van der Waals surface area contributed by atoms with Gasteiger partial charge in [0.25, 0.3) is 5.91 Å². The zero-order valence-electron chi connectivity index (χ0n) is 10.7. The van der Waals surface area contributed by atoms with Crippen molar-refractivity contribution in [1.82, 2.24) is 10.3 Å². The molecule has 0 aromatic carbocycles. The van der Waals surface area contributed by atoms with Crippen LogP contribution in [0.3, 0.4) is 0 Å². The molecule has 0 bridgehead atoms. The van der Waals surface area contributed by atoms with E-state index in [1.807, 2.05) is 6.92 Å². The third-order valence-electron chi connectivity index (χ3n) is 3.88. The minimum Gasteiger partial charge on any atom is -0.392 e. The van der Waals surface area contributed by atoms with Crippen molar-refractivity contribution in [2.75, 3.05) is 6.54 Å². The highest BCUT2D eigenvalue weighted by Gasteiger charge is 2.35. The standard InChI is InChI=1S/C14H20N2O2/c1-14(7-3-2-4-12(14)17)10-16-13(18)11-5-8-15-9-6-11/h5-6,8-9,12,17H,2-4,7,10H2,1H3,(H,16,18)/t12-,14+/m0/s1. The number of hydrogen-bond acceptors (Lipinski definition) is 3. The molecule has 1 amide bonds. The van der Waals surface area contributed by atoms with Crippen LogP contribution in [0.4, 0.5) is 0 Å². The van der Waals surface area contributed by atoms with E-state index in [0.29, 0.717) is 12.1 Å². The van der Waals surface area contributed by atoms with Crippen molar-refractivity contribution in [3.63, 3.8) is 0 Å². The summed E-state index contributed by atoms with van der Waals surface area (Å²) in [7, 11) is 0. The van der Waals surface area contributed by atoms with Crippen LogP contribution in [0.25, 0.3) is 0 Å². The molecule has 0 spiro atoms. The number of nitrogens with one attached hydrogen (secondary N) is 1. The fourth-order valence-corrected chi connectivity index (χ4v) is 2.48. The SMILES string of the molecule is C[C@]1(CNC(=O)c2ccncc2)CCCC[C@@H]1O. The van der Waals surface area contributed by atoms with E-state index in [0.717, 1.165) is 25.7 Å². The molecule has 1 aliphatic carbocycles. The normalized spacial score (nSPS) is 27.8. The monoisotopic (exact) mass is 248 g/mol. The largest absolute Gasteiger partial charge is 0.392 e. The average Bonchev–Trinajstić information content (AvgIpc) is 2.41. The van der Waals surface area contributed by atoms with E-state index in [2.05, 4.69) is 10.3 Å². The first kappa shape index (κ1) is 13.0. The number of hydrogen-bond donors (Lipinski definition) is 2. The van der Waals surface area contributed by atoms with Crippen molar-refractivity contribution in [2.24, 2.45) is 5.41 Å². The molecule has 0 unspecified atom stereocenters. The van der Waals surface area contributed by atoms with Crippen LogP contribution in [0.15, 0.2) is 24.5 Å². The van der Waals surface area contributed by atoms with E-state index in [1.54, 1.807) is 24.5 Å². The van der Waals surface area contributed by atoms with Crippen LogP contribution in [-0.2, 0) is 0 Å². The van der Waals surface area contributed by atoms with Gasteiger partial charge in [0.2, 0.25) is 0 Å². The van der Waals surface area contributed by atoms with E-state index in [4.69, 9.17) is 0 Å². The summed E-state index contributed by atoms with van der Waals surface area (Å²) in [4.78, 5) is 15.8. The summed E-state index contributed by atoms with van der Waals surface area (Å²) in [5.74, 6) is -0.101. The fourth-order valence-electron chi connectivity index (χ4n) is 2.48. The predicted molar refractivity (Wildman–Crippen MR) is 69.2 cm³/mol. The van der Waals surface area contributed by atoms with Crippen LogP contribution in [0.1, 0.15) is 43.0 Å². The highest BCUT2D eigenvalue weighted by molar-refractivity contribution is 5.93. The van der Waals surface area contributed by atoms with Gasteiger partial charge in [0.1, 0.15) is 0 Å². The summed E-state index contributed by atoms with van der Waals surface area (Å²) in [6, 6.07) is 3.38. The summed E-state index contributed by atoms with van der Waals surface area (Å²) in [5.41, 5.74) is 0.417. The lowest BCUT2D eigenvalue weighted by molar-refractivity contribution is 0.00190. The molecule has 1 aromatic heterocycles. The second kappa shape index (κ2) is 5.48. The number of amides is 1. The maximum Gasteiger partial charge on any atom is 0.251 e. The minimum absolute atomic E-state index is 0.101. The Labute approximate surface area is 107 Å². The average molecular weight is 248 g/mol. The summed E-state index contributed by atoms with van der Waals surface area (Å²) in [6.45, 7) is 2.57. The van der Waals surface area contributed by atoms with E-state index in [1.165, 1.54) is 0 Å². The maximum atomic E-state index is 11.9. The summed E-state index contributed by atoms with van der Waals surface area (Å²) < 4.78 is 0. The quantitative estimate of drug-likeness (QED) is 0.856. The Balaban J connectivity index is 1.93. The van der Waals surface area contributed by atoms with Gasteiger partial charge in [0, 0.05) is 29.9 Å². The van der Waals surface area contributed by atoms with E-state index in [-0.39, 0.29) is 17.4 Å². The van der Waals surface area contributed by atoms with Gasteiger partial charge in [-0.15, -0.1) is 0 Å². The molecule has 4 nitrogen and oxygen atoms in total. The highest BCUT2D eigenvalue weighted by Crippen LogP contribution is 2.35. The second-order valence-corrected chi connectivity index (χ2v) is 5.33. The first-order chi connectivity index (χ1) is 8.62. The topological polar surface area (TPSA) is 62.2 Å². The molecule has 2 rings (SSSR count). The molecule has 1 fully saturated rings. The van der Waals surface area contributed by atoms with E-state index in [9.17, 15) is 9.90 Å². The molecule has 0 aliphatic heterocycles. The van der Waals surface area contributed by atoms with Gasteiger partial charge in [0.15, 0.2) is 0 Å². The van der Waals surface area contributed by atoms with Crippen molar-refractivity contribution >= 4 is 5.91 Å². The molecule has 1 aliphatic rings. The molecule has 98 valence electrons. The molecule has 4 heteroatoms. The van der Waals surface area contributed by atoms with Crippen molar-refractivity contribution in [3.8, 4) is 0 Å². The summed E-state index contributed by atoms with van der Waals surface area (Å²) in [5, 5.41) is 13.0. The smallest absolute Gasteiger partial charge is 0.251 e. The van der Waals surface area contributed by atoms with Crippen LogP contribution in [-0.4, -0.2) is 28.6 Å². The Morgan fingerprint density at radius 3 is 2.89 bits per heavy atom. The number of carbonyl (C=O) groups is 1. The predicted octanol–water partition coefficient (Wildman–Crippen LogP) is 1.75. The number of rotatable bonds is 3. The molecule has 2 N–H and O–H groups in total. The molecular formula is C14H20N2O2. The van der Waals surface area contributed by atoms with Gasteiger partial charge >= 0.3 is 0 Å². The highest BCUT2D eigenvalue weighted by atomic mass is 16.3. The lowest BCUT2D eigenvalue weighted by Gasteiger charge is -2.38. The lowest BCUT2D eigenvalue weighted by Crippen LogP contribution is -2.45. The van der Waals surface area contributed by atoms with Crippen LogP contribution in [0.5, 0.6) is 0 Å². The van der Waals surface area contributed by atoms with Crippen LogP contribution < -0.4 is 5.32 Å². The summed E-state index contributed by atoms with van der Waals surface area (Å²) >= 11 is 0. The Hall–Kier alpha value is -1.42. The number of pyridine rings is 1. The molecule has 1 saturated carbocycles. The Morgan fingerprint density at radius 1 is 1.50 bits per heavy atom. The minimum atomic E-state index is -0.316. The maximum absolute atomic E-state index is 11.9. The van der Waals surface area contributed by atoms with E-state index < -0.39 is 0 Å². The zero-order chi connectivity index (χ0) is 13.0. The molecule has 0 saturated heterocycles. The zero-order valence-corrected chi connectivity index (χ0v) is 10.7. The van der Waals surface area contributed by atoms with Gasteiger partial charge in [-0.2, -0.15) is 0 Å². The molecule has 2 atom stereocenters. The van der Waals surface area contributed by atoms with Crippen molar-refractivity contribution in [2.45, 2.75) is 38.7 Å². The van der Waals surface area contributed by atoms with Gasteiger partial charge in [-0.3, -0.25) is 9.78 Å². The van der Waals surface area contributed by atoms with Gasteiger partial charge in [-0.25, -0.2) is 0 Å². The first-order valence-electron chi connectivity index (χ1n) is 6.48. The summed E-state index contributed by atoms with van der Waals surface area (Å²) in [6.07, 6.45) is 6.89. The van der Waals surface area contributed by atoms with Gasteiger partial charge in [-0.05, 0) is 25.0 Å². The van der Waals surface area contributed by atoms with E-state index >= 15 is 0 Å². The van der Waals surface area contributed by atoms with Crippen LogP contribution in [0, 0.1) is 5.41 Å². The Bertz CT molecular complexity index is 408. The van der Waals surface area contributed by atoms with Crippen molar-refractivity contribution < 1.29 is 9.90 Å². The third kappa shape index (κ3) is 2.88. The number of aliphatic hydroxyl groups excluding tert-OH is 1. The van der Waals surface area contributed by atoms with Gasteiger partial charge in [-0.1, -0.05) is 19.8 Å². The third-order valence-corrected chi connectivity index (χ3v) is 3.88. The molecule has 18 heavy (non-hydrogen) atoms. The van der Waals surface area contributed by atoms with Crippen LogP contribution >= 0.6 is 0 Å².